The second kappa shape index (κ2) is 14.0. The number of nitrogens with one attached hydrogen (secondary N) is 1. The minimum atomic E-state index is -0.765. The number of esters is 2. The van der Waals surface area contributed by atoms with E-state index in [-0.39, 0.29) is 18.4 Å². The highest BCUT2D eigenvalue weighted by Gasteiger charge is 2.27. The molecule has 0 bridgehead atoms. The van der Waals surface area contributed by atoms with Crippen LogP contribution in [0.1, 0.15) is 54.5 Å². The lowest BCUT2D eigenvalue weighted by molar-refractivity contribution is -0.140. The van der Waals surface area contributed by atoms with Gasteiger partial charge in [0.1, 0.15) is 0 Å². The summed E-state index contributed by atoms with van der Waals surface area (Å²) < 4.78 is 13.9. The first kappa shape index (κ1) is 31.7. The summed E-state index contributed by atoms with van der Waals surface area (Å²) in [6.07, 6.45) is 11.7. The van der Waals surface area contributed by atoms with E-state index in [0.717, 1.165) is 33.0 Å². The molecule has 0 unspecified atom stereocenters. The van der Waals surface area contributed by atoms with E-state index < -0.39 is 5.97 Å². The van der Waals surface area contributed by atoms with Crippen molar-refractivity contribution in [2.24, 2.45) is 0 Å². The molecule has 2 saturated carbocycles. The lowest BCUT2D eigenvalue weighted by Gasteiger charge is -2.00. The van der Waals surface area contributed by atoms with Gasteiger partial charge in [0.15, 0.2) is 0 Å². The SMILES string of the molecule is COC(=O)Cc1c[nH]c2ccccc12.COC(=O)Cc1cn(C2CC2)c2ccccc12.O=C(O)Cc1cn(C2CC2)c2ccccc12. The van der Waals surface area contributed by atoms with Gasteiger partial charge in [0.25, 0.3) is 0 Å². The molecule has 2 aliphatic rings. The third-order valence-corrected chi connectivity index (χ3v) is 8.67. The van der Waals surface area contributed by atoms with Gasteiger partial charge in [0.2, 0.25) is 0 Å². The number of hydrogen-bond acceptors (Lipinski definition) is 5. The van der Waals surface area contributed by atoms with Crippen molar-refractivity contribution in [2.75, 3.05) is 14.2 Å². The van der Waals surface area contributed by atoms with Crippen molar-refractivity contribution in [3.63, 3.8) is 0 Å². The first-order chi connectivity index (χ1) is 22.9. The summed E-state index contributed by atoms with van der Waals surface area (Å²) >= 11 is 0. The fourth-order valence-electron chi connectivity index (χ4n) is 6.04. The summed E-state index contributed by atoms with van der Waals surface area (Å²) in [7, 11) is 2.83. The highest BCUT2D eigenvalue weighted by molar-refractivity contribution is 5.89. The molecule has 47 heavy (non-hydrogen) atoms. The molecule has 0 aliphatic heterocycles. The van der Waals surface area contributed by atoms with Crippen LogP contribution < -0.4 is 0 Å². The molecule has 9 nitrogen and oxygen atoms in total. The van der Waals surface area contributed by atoms with Gasteiger partial charge in [-0.15, -0.1) is 0 Å². The Bertz CT molecular complexity index is 2040. The molecular weight excluding hydrogens is 594 g/mol. The van der Waals surface area contributed by atoms with Crippen molar-refractivity contribution < 1.29 is 29.0 Å². The first-order valence-corrected chi connectivity index (χ1v) is 15.9. The van der Waals surface area contributed by atoms with Crippen molar-refractivity contribution in [2.45, 2.75) is 57.0 Å². The van der Waals surface area contributed by atoms with Crippen LogP contribution in [0.15, 0.2) is 91.4 Å². The topological polar surface area (TPSA) is 116 Å². The number of fused-ring (bicyclic) bond motifs is 3. The summed E-state index contributed by atoms with van der Waals surface area (Å²) in [5, 5.41) is 12.2. The highest BCUT2D eigenvalue weighted by atomic mass is 16.5. The zero-order chi connectivity index (χ0) is 32.9. The van der Waals surface area contributed by atoms with Gasteiger partial charge in [-0.25, -0.2) is 0 Å². The van der Waals surface area contributed by atoms with E-state index in [1.165, 1.54) is 56.3 Å². The third-order valence-electron chi connectivity index (χ3n) is 8.67. The molecule has 3 aromatic heterocycles. The Balaban J connectivity index is 0.000000124. The van der Waals surface area contributed by atoms with E-state index in [2.05, 4.69) is 43.3 Å². The Hall–Kier alpha value is -5.31. The molecule has 3 aromatic carbocycles. The number of carbonyl (C=O) groups excluding carboxylic acids is 2. The van der Waals surface area contributed by atoms with Crippen LogP contribution in [-0.2, 0) is 43.1 Å². The molecule has 8 rings (SSSR count). The van der Waals surface area contributed by atoms with E-state index in [9.17, 15) is 14.4 Å². The molecule has 3 heterocycles. The molecule has 0 amide bonds. The molecule has 242 valence electrons. The van der Waals surface area contributed by atoms with Crippen molar-refractivity contribution in [3.05, 3.63) is 108 Å². The second-order valence-corrected chi connectivity index (χ2v) is 12.1. The smallest absolute Gasteiger partial charge is 0.310 e. The largest absolute Gasteiger partial charge is 0.481 e. The maximum atomic E-state index is 11.4. The van der Waals surface area contributed by atoms with Crippen LogP contribution in [0.4, 0.5) is 0 Å². The normalized spacial score (nSPS) is 13.8. The highest BCUT2D eigenvalue weighted by Crippen LogP contribution is 2.40. The van der Waals surface area contributed by atoms with Gasteiger partial charge < -0.3 is 28.7 Å². The predicted octanol–water partition coefficient (Wildman–Crippen LogP) is 7.18. The second-order valence-electron chi connectivity index (χ2n) is 12.1. The minimum absolute atomic E-state index is 0.111. The number of carboxylic acids is 1. The van der Waals surface area contributed by atoms with Gasteiger partial charge in [0.05, 0.1) is 33.5 Å². The van der Waals surface area contributed by atoms with E-state index in [4.69, 9.17) is 9.84 Å². The molecular formula is C38H39N3O6. The van der Waals surface area contributed by atoms with Gasteiger partial charge >= 0.3 is 17.9 Å². The van der Waals surface area contributed by atoms with Crippen LogP contribution in [-0.4, -0.2) is 51.4 Å². The number of carboxylic acid groups (broad SMARTS) is 1. The quantitative estimate of drug-likeness (QED) is 0.172. The van der Waals surface area contributed by atoms with E-state index in [0.29, 0.717) is 24.9 Å². The molecule has 0 saturated heterocycles. The standard InChI is InChI=1S/C14H15NO2.C13H13NO2.C11H11NO2/c1-17-14(16)8-10-9-15(11-6-7-11)13-5-3-2-4-12(10)13;15-13(16)7-9-8-14(10-5-6-10)12-4-2-1-3-11(9)12;1-14-11(13)6-8-7-12-10-5-3-2-4-9(8)10/h2-5,9,11H,6-8H2,1H3;1-4,8,10H,5-7H2,(H,15,16);2-5,7,12H,6H2,1H3. The van der Waals surface area contributed by atoms with E-state index in [1.807, 2.05) is 67.0 Å². The molecule has 0 atom stereocenters. The first-order valence-electron chi connectivity index (χ1n) is 15.9. The number of H-pyrrole nitrogens is 1. The lowest BCUT2D eigenvalue weighted by Crippen LogP contribution is -2.03. The lowest BCUT2D eigenvalue weighted by atomic mass is 10.1. The van der Waals surface area contributed by atoms with Crippen LogP contribution in [0.2, 0.25) is 0 Å². The number of rotatable bonds is 8. The van der Waals surface area contributed by atoms with E-state index >= 15 is 0 Å². The molecule has 0 radical (unpaired) electrons. The van der Waals surface area contributed by atoms with Gasteiger partial charge in [0, 0.05) is 63.4 Å². The van der Waals surface area contributed by atoms with Gasteiger partial charge in [-0.05, 0) is 60.6 Å². The Morgan fingerprint density at radius 3 is 1.60 bits per heavy atom. The van der Waals surface area contributed by atoms with Crippen LogP contribution in [0.25, 0.3) is 32.7 Å². The molecule has 0 spiro atoms. The minimum Gasteiger partial charge on any atom is -0.481 e. The van der Waals surface area contributed by atoms with Gasteiger partial charge in [-0.1, -0.05) is 54.6 Å². The van der Waals surface area contributed by atoms with Crippen LogP contribution in [0.5, 0.6) is 0 Å². The van der Waals surface area contributed by atoms with Crippen LogP contribution in [0.3, 0.4) is 0 Å². The summed E-state index contributed by atoms with van der Waals surface area (Å²) in [6.45, 7) is 0. The van der Waals surface area contributed by atoms with Crippen molar-refractivity contribution in [3.8, 4) is 0 Å². The summed E-state index contributed by atoms with van der Waals surface area (Å²) in [5.74, 6) is -1.16. The number of ether oxygens (including phenoxy) is 2. The van der Waals surface area contributed by atoms with E-state index in [1.54, 1.807) is 0 Å². The van der Waals surface area contributed by atoms with Gasteiger partial charge in [-0.3, -0.25) is 14.4 Å². The average molecular weight is 634 g/mol. The number of hydrogen-bond donors (Lipinski definition) is 2. The molecule has 2 N–H and O–H groups in total. The average Bonchev–Trinajstić information content (AvgIpc) is 4.02. The Morgan fingerprint density at radius 2 is 1.11 bits per heavy atom. The maximum absolute atomic E-state index is 11.4. The summed E-state index contributed by atoms with van der Waals surface area (Å²) in [6, 6.07) is 25.4. The maximum Gasteiger partial charge on any atom is 0.310 e. The molecule has 2 aliphatic carbocycles. The van der Waals surface area contributed by atoms with Gasteiger partial charge in [-0.2, -0.15) is 0 Å². The van der Waals surface area contributed by atoms with Crippen molar-refractivity contribution in [1.82, 2.24) is 14.1 Å². The third kappa shape index (κ3) is 7.41. The zero-order valence-electron chi connectivity index (χ0n) is 26.6. The van der Waals surface area contributed by atoms with Crippen LogP contribution >= 0.6 is 0 Å². The molecule has 9 heteroatoms. The number of methoxy groups -OCH3 is 2. The molecule has 2 fully saturated rings. The van der Waals surface area contributed by atoms with Crippen molar-refractivity contribution in [1.29, 1.82) is 0 Å². The Kier molecular flexibility index (Phi) is 9.42. The number of carbonyl (C=O) groups is 3. The fraction of sp³-hybridized carbons (Fsp3) is 0.289. The van der Waals surface area contributed by atoms with Crippen molar-refractivity contribution >= 4 is 50.6 Å². The fourth-order valence-corrected chi connectivity index (χ4v) is 6.04. The van der Waals surface area contributed by atoms with Crippen LogP contribution in [0, 0.1) is 0 Å². The number of para-hydroxylation sites is 3. The Morgan fingerprint density at radius 1 is 0.660 bits per heavy atom. The number of nitrogens with zero attached hydrogens (tertiary/aromatic N) is 2. The zero-order valence-corrected chi connectivity index (χ0v) is 26.6. The number of benzene rings is 3. The summed E-state index contributed by atoms with van der Waals surface area (Å²) in [5.41, 5.74) is 6.42. The predicted molar refractivity (Wildman–Crippen MR) is 181 cm³/mol. The molecule has 6 aromatic rings. The number of aliphatic carboxylic acids is 1. The number of aromatic amines is 1. The summed E-state index contributed by atoms with van der Waals surface area (Å²) in [4.78, 5) is 36.4. The number of aromatic nitrogens is 3. The Labute approximate surface area is 272 Å². The monoisotopic (exact) mass is 633 g/mol.